The van der Waals surface area contributed by atoms with E-state index in [1.54, 1.807) is 19.9 Å². The summed E-state index contributed by atoms with van der Waals surface area (Å²) in [5.41, 5.74) is 2.86. The molecule has 0 spiro atoms. The van der Waals surface area contributed by atoms with Crippen LogP contribution in [0.4, 0.5) is 0 Å². The molecule has 27 heavy (non-hydrogen) atoms. The normalized spacial score (nSPS) is 13.1. The zero-order valence-corrected chi connectivity index (χ0v) is 16.0. The van der Waals surface area contributed by atoms with Gasteiger partial charge in [-0.05, 0) is 42.8 Å². The maximum absolute atomic E-state index is 12.2. The maximum atomic E-state index is 12.2. The van der Waals surface area contributed by atoms with Gasteiger partial charge < -0.3 is 9.94 Å². The quantitative estimate of drug-likeness (QED) is 0.358. The van der Waals surface area contributed by atoms with Crippen LogP contribution in [-0.4, -0.2) is 42.3 Å². The number of hydrogen-bond donors (Lipinski definition) is 1. The highest BCUT2D eigenvalue weighted by atomic mass is 16.5. The molecule has 144 valence electrons. The second-order valence-electron chi connectivity index (χ2n) is 5.88. The van der Waals surface area contributed by atoms with Crippen LogP contribution in [0.5, 0.6) is 0 Å². The van der Waals surface area contributed by atoms with E-state index in [9.17, 15) is 4.79 Å². The van der Waals surface area contributed by atoms with E-state index in [-0.39, 0.29) is 12.3 Å². The Kier molecular flexibility index (Phi) is 6.58. The number of rotatable bonds is 6. The van der Waals surface area contributed by atoms with Crippen LogP contribution in [-0.2, 0) is 18.4 Å². The predicted octanol–water partition coefficient (Wildman–Crippen LogP) is 1.83. The molecule has 0 unspecified atom stereocenters. The molecule has 0 fully saturated rings. The first-order valence-corrected chi connectivity index (χ1v) is 8.39. The summed E-state index contributed by atoms with van der Waals surface area (Å²) in [5, 5.41) is 27.6. The van der Waals surface area contributed by atoms with Gasteiger partial charge in [-0.1, -0.05) is 24.2 Å². The van der Waals surface area contributed by atoms with Crippen LogP contribution >= 0.6 is 0 Å². The molecule has 1 heterocycles. The molecule has 1 aromatic carbocycles. The van der Waals surface area contributed by atoms with Crippen LogP contribution < -0.4 is 5.69 Å². The van der Waals surface area contributed by atoms with E-state index in [2.05, 4.69) is 25.8 Å². The van der Waals surface area contributed by atoms with E-state index in [0.717, 1.165) is 15.8 Å². The summed E-state index contributed by atoms with van der Waals surface area (Å²) in [6, 6.07) is 5.55. The minimum atomic E-state index is -0.342. The molecule has 0 saturated heterocycles. The van der Waals surface area contributed by atoms with Gasteiger partial charge in [0.25, 0.3) is 0 Å². The van der Waals surface area contributed by atoms with E-state index in [0.29, 0.717) is 29.4 Å². The minimum absolute atomic E-state index is 0.194. The van der Waals surface area contributed by atoms with Gasteiger partial charge in [0, 0.05) is 19.0 Å². The van der Waals surface area contributed by atoms with Crippen molar-refractivity contribution in [1.82, 2.24) is 19.8 Å². The van der Waals surface area contributed by atoms with Crippen molar-refractivity contribution < 1.29 is 9.94 Å². The SMILES string of the molecule is CCC(=NN=C(C)C(C)=NO)OCc1c(C)cccc1-n1nnn(C)c1=O. The Hall–Kier alpha value is -3.30. The molecule has 0 saturated carbocycles. The fourth-order valence-electron chi connectivity index (χ4n) is 2.17. The molecule has 0 atom stereocenters. The number of nitrogens with zero attached hydrogens (tertiary/aromatic N) is 7. The number of ether oxygens (including phenoxy) is 1. The Morgan fingerprint density at radius 1 is 1.22 bits per heavy atom. The number of hydrogen-bond acceptors (Lipinski definition) is 8. The molecule has 1 aromatic heterocycles. The van der Waals surface area contributed by atoms with Gasteiger partial charge in [0.15, 0.2) is 0 Å². The van der Waals surface area contributed by atoms with Crippen molar-refractivity contribution in [1.29, 1.82) is 0 Å². The van der Waals surface area contributed by atoms with Crippen LogP contribution in [0, 0.1) is 6.92 Å². The lowest BCUT2D eigenvalue weighted by atomic mass is 10.1. The summed E-state index contributed by atoms with van der Waals surface area (Å²) in [6.07, 6.45) is 0.526. The third-order valence-corrected chi connectivity index (χ3v) is 4.01. The summed E-state index contributed by atoms with van der Waals surface area (Å²) in [5.74, 6) is 0.417. The fourth-order valence-corrected chi connectivity index (χ4v) is 2.17. The van der Waals surface area contributed by atoms with Crippen molar-refractivity contribution in [3.8, 4) is 5.69 Å². The van der Waals surface area contributed by atoms with Gasteiger partial charge in [-0.3, -0.25) is 0 Å². The van der Waals surface area contributed by atoms with Gasteiger partial charge in [0.2, 0.25) is 5.90 Å². The highest BCUT2D eigenvalue weighted by Crippen LogP contribution is 2.18. The first-order valence-electron chi connectivity index (χ1n) is 8.39. The van der Waals surface area contributed by atoms with Gasteiger partial charge in [0.05, 0.1) is 17.1 Å². The third-order valence-electron chi connectivity index (χ3n) is 4.01. The molecular weight excluding hydrogens is 350 g/mol. The Bertz CT molecular complexity index is 954. The van der Waals surface area contributed by atoms with Crippen LogP contribution in [0.2, 0.25) is 0 Å². The Balaban J connectivity index is 2.30. The molecule has 1 N–H and O–H groups in total. The molecule has 0 amide bonds. The monoisotopic (exact) mass is 373 g/mol. The summed E-state index contributed by atoms with van der Waals surface area (Å²) in [7, 11) is 1.54. The lowest BCUT2D eigenvalue weighted by Gasteiger charge is -2.13. The maximum Gasteiger partial charge on any atom is 0.368 e. The molecule has 0 aliphatic heterocycles. The predicted molar refractivity (Wildman–Crippen MR) is 102 cm³/mol. The summed E-state index contributed by atoms with van der Waals surface area (Å²) in [6.45, 7) is 7.32. The highest BCUT2D eigenvalue weighted by molar-refractivity contribution is 6.40. The average molecular weight is 373 g/mol. The number of aromatic nitrogens is 4. The lowest BCUT2D eigenvalue weighted by Crippen LogP contribution is -2.23. The van der Waals surface area contributed by atoms with E-state index >= 15 is 0 Å². The molecule has 0 aliphatic rings. The van der Waals surface area contributed by atoms with Gasteiger partial charge >= 0.3 is 5.69 Å². The molecule has 0 bridgehead atoms. The van der Waals surface area contributed by atoms with Crippen molar-refractivity contribution in [2.45, 2.75) is 40.7 Å². The van der Waals surface area contributed by atoms with Crippen LogP contribution in [0.25, 0.3) is 5.69 Å². The highest BCUT2D eigenvalue weighted by Gasteiger charge is 2.14. The Morgan fingerprint density at radius 2 is 1.96 bits per heavy atom. The lowest BCUT2D eigenvalue weighted by molar-refractivity contribution is 0.282. The van der Waals surface area contributed by atoms with Crippen molar-refractivity contribution >= 4 is 17.3 Å². The summed E-state index contributed by atoms with van der Waals surface area (Å²) < 4.78 is 8.20. The Labute approximate surface area is 156 Å². The topological polar surface area (TPSA) is 119 Å². The third kappa shape index (κ3) is 4.66. The van der Waals surface area contributed by atoms with Crippen LogP contribution in [0.3, 0.4) is 0 Å². The smallest absolute Gasteiger partial charge is 0.368 e. The fraction of sp³-hybridized carbons (Fsp3) is 0.412. The summed E-state index contributed by atoms with van der Waals surface area (Å²) in [4.78, 5) is 12.2. The molecular formula is C17H23N7O3. The van der Waals surface area contributed by atoms with Crippen molar-refractivity contribution in [3.63, 3.8) is 0 Å². The van der Waals surface area contributed by atoms with Crippen molar-refractivity contribution in [2.24, 2.45) is 22.4 Å². The zero-order valence-electron chi connectivity index (χ0n) is 16.0. The standard InChI is InChI=1S/C17H23N7O3/c1-6-16(19-18-12(3)13(4)20-26)27-10-14-11(2)8-7-9-15(14)24-17(25)23(5)21-22-24/h7-9,26H,6,10H2,1-5H3. The van der Waals surface area contributed by atoms with Crippen LogP contribution in [0.1, 0.15) is 38.3 Å². The van der Waals surface area contributed by atoms with E-state index in [1.807, 2.05) is 26.0 Å². The number of benzene rings is 1. The Morgan fingerprint density at radius 3 is 2.56 bits per heavy atom. The average Bonchev–Trinajstić information content (AvgIpc) is 3.00. The van der Waals surface area contributed by atoms with Gasteiger partial charge in [-0.15, -0.1) is 5.10 Å². The molecule has 0 radical (unpaired) electrons. The first-order chi connectivity index (χ1) is 12.9. The van der Waals surface area contributed by atoms with Crippen molar-refractivity contribution in [2.75, 3.05) is 0 Å². The van der Waals surface area contributed by atoms with E-state index < -0.39 is 0 Å². The number of tetrazole rings is 1. The van der Waals surface area contributed by atoms with Gasteiger partial charge in [0.1, 0.15) is 6.61 Å². The first kappa shape index (κ1) is 20.0. The van der Waals surface area contributed by atoms with Crippen LogP contribution in [0.15, 0.2) is 38.4 Å². The van der Waals surface area contributed by atoms with Gasteiger partial charge in [-0.25, -0.2) is 4.79 Å². The van der Waals surface area contributed by atoms with E-state index in [1.165, 1.54) is 11.7 Å². The number of aryl methyl sites for hydroxylation is 2. The molecule has 0 aliphatic carbocycles. The summed E-state index contributed by atoms with van der Waals surface area (Å²) >= 11 is 0. The minimum Gasteiger partial charge on any atom is -0.475 e. The van der Waals surface area contributed by atoms with Gasteiger partial charge in [-0.2, -0.15) is 14.5 Å². The second kappa shape index (κ2) is 8.88. The molecule has 10 nitrogen and oxygen atoms in total. The molecule has 10 heteroatoms. The zero-order chi connectivity index (χ0) is 20.0. The molecule has 2 aromatic rings. The second-order valence-corrected chi connectivity index (χ2v) is 5.88. The van der Waals surface area contributed by atoms with Crippen molar-refractivity contribution in [3.05, 3.63) is 39.8 Å². The largest absolute Gasteiger partial charge is 0.475 e. The number of oxime groups is 1. The van der Waals surface area contributed by atoms with E-state index in [4.69, 9.17) is 9.94 Å². The molecule has 2 rings (SSSR count).